The van der Waals surface area contributed by atoms with Crippen LogP contribution in [0.4, 0.5) is 0 Å². The summed E-state index contributed by atoms with van der Waals surface area (Å²) in [6.07, 6.45) is 0.360. The summed E-state index contributed by atoms with van der Waals surface area (Å²) < 4.78 is 7.13. The standard InChI is InChI=1S/C13H22N2O2/c1-9-10(2)14-15(11(9)3)8-7-12(16)17-13(4,5)6/h7-8H2,1-6H3. The monoisotopic (exact) mass is 238 g/mol. The van der Waals surface area contributed by atoms with Crippen LogP contribution in [-0.2, 0) is 16.1 Å². The highest BCUT2D eigenvalue weighted by molar-refractivity contribution is 5.69. The van der Waals surface area contributed by atoms with Crippen molar-refractivity contribution in [3.8, 4) is 0 Å². The highest BCUT2D eigenvalue weighted by atomic mass is 16.6. The van der Waals surface area contributed by atoms with Crippen molar-refractivity contribution in [3.05, 3.63) is 17.0 Å². The second-order valence-corrected chi connectivity index (χ2v) is 5.36. The molecular formula is C13H22N2O2. The van der Waals surface area contributed by atoms with Crippen molar-refractivity contribution in [3.63, 3.8) is 0 Å². The Balaban J connectivity index is 2.56. The van der Waals surface area contributed by atoms with E-state index in [2.05, 4.69) is 5.10 Å². The van der Waals surface area contributed by atoms with Gasteiger partial charge in [-0.25, -0.2) is 0 Å². The van der Waals surface area contributed by atoms with Crippen molar-refractivity contribution < 1.29 is 9.53 Å². The van der Waals surface area contributed by atoms with E-state index in [1.807, 2.05) is 46.2 Å². The van der Waals surface area contributed by atoms with E-state index in [-0.39, 0.29) is 5.97 Å². The Labute approximate surface area is 103 Å². The van der Waals surface area contributed by atoms with Crippen LogP contribution in [0.2, 0.25) is 0 Å². The molecule has 4 heteroatoms. The number of hydrogen-bond donors (Lipinski definition) is 0. The summed E-state index contributed by atoms with van der Waals surface area (Å²) in [6, 6.07) is 0. The van der Waals surface area contributed by atoms with Crippen molar-refractivity contribution in [2.45, 2.75) is 60.1 Å². The first-order chi connectivity index (χ1) is 7.70. The van der Waals surface area contributed by atoms with Gasteiger partial charge in [0.1, 0.15) is 5.60 Å². The van der Waals surface area contributed by atoms with E-state index < -0.39 is 5.60 Å². The van der Waals surface area contributed by atoms with Gasteiger partial charge < -0.3 is 4.74 Å². The fourth-order valence-electron chi connectivity index (χ4n) is 1.59. The minimum atomic E-state index is -0.415. The fraction of sp³-hybridized carbons (Fsp3) is 0.692. The van der Waals surface area contributed by atoms with Gasteiger partial charge in [0.2, 0.25) is 0 Å². The number of aryl methyl sites for hydroxylation is 2. The molecule has 1 rings (SSSR count). The van der Waals surface area contributed by atoms with E-state index in [0.717, 1.165) is 11.4 Å². The molecule has 0 bridgehead atoms. The van der Waals surface area contributed by atoms with E-state index in [4.69, 9.17) is 4.74 Å². The molecule has 0 spiro atoms. The van der Waals surface area contributed by atoms with Crippen LogP contribution >= 0.6 is 0 Å². The van der Waals surface area contributed by atoms with Crippen molar-refractivity contribution in [2.24, 2.45) is 0 Å². The Morgan fingerprint density at radius 3 is 2.29 bits per heavy atom. The van der Waals surface area contributed by atoms with E-state index >= 15 is 0 Å². The average Bonchev–Trinajstić information content (AvgIpc) is 2.40. The molecule has 0 aromatic carbocycles. The van der Waals surface area contributed by atoms with Gasteiger partial charge in [-0.2, -0.15) is 5.10 Å². The molecule has 4 nitrogen and oxygen atoms in total. The number of aromatic nitrogens is 2. The lowest BCUT2D eigenvalue weighted by Gasteiger charge is -2.19. The largest absolute Gasteiger partial charge is 0.460 e. The van der Waals surface area contributed by atoms with Crippen LogP contribution in [-0.4, -0.2) is 21.4 Å². The Bertz CT molecular complexity index is 414. The number of rotatable bonds is 3. The normalized spacial score (nSPS) is 11.6. The summed E-state index contributed by atoms with van der Waals surface area (Å²) >= 11 is 0. The average molecular weight is 238 g/mol. The second-order valence-electron chi connectivity index (χ2n) is 5.36. The van der Waals surface area contributed by atoms with Crippen molar-refractivity contribution >= 4 is 5.97 Å². The molecule has 1 aromatic heterocycles. The third-order valence-electron chi connectivity index (χ3n) is 2.69. The van der Waals surface area contributed by atoms with Crippen LogP contribution in [0.1, 0.15) is 44.1 Å². The summed E-state index contributed by atoms with van der Waals surface area (Å²) in [6.45, 7) is 12.2. The summed E-state index contributed by atoms with van der Waals surface area (Å²) in [4.78, 5) is 11.6. The molecule has 0 saturated carbocycles. The molecule has 0 N–H and O–H groups in total. The maximum absolute atomic E-state index is 11.6. The van der Waals surface area contributed by atoms with Gasteiger partial charge >= 0.3 is 5.97 Å². The maximum Gasteiger partial charge on any atom is 0.308 e. The summed E-state index contributed by atoms with van der Waals surface area (Å²) in [5.41, 5.74) is 2.91. The van der Waals surface area contributed by atoms with Crippen molar-refractivity contribution in [1.29, 1.82) is 0 Å². The smallest absolute Gasteiger partial charge is 0.308 e. The summed E-state index contributed by atoms with van der Waals surface area (Å²) in [5.74, 6) is -0.178. The third-order valence-corrected chi connectivity index (χ3v) is 2.69. The van der Waals surface area contributed by atoms with Gasteiger partial charge in [-0.1, -0.05) is 0 Å². The van der Waals surface area contributed by atoms with Crippen LogP contribution in [0.3, 0.4) is 0 Å². The van der Waals surface area contributed by atoms with Gasteiger partial charge in [-0.15, -0.1) is 0 Å². The van der Waals surface area contributed by atoms with E-state index in [1.54, 1.807) is 0 Å². The molecule has 0 unspecified atom stereocenters. The number of nitrogens with zero attached hydrogens (tertiary/aromatic N) is 2. The van der Waals surface area contributed by atoms with Gasteiger partial charge in [-0.3, -0.25) is 9.48 Å². The zero-order chi connectivity index (χ0) is 13.2. The predicted molar refractivity (Wildman–Crippen MR) is 66.9 cm³/mol. The molecule has 1 heterocycles. The molecule has 17 heavy (non-hydrogen) atoms. The molecule has 96 valence electrons. The molecule has 1 aromatic rings. The molecule has 0 aliphatic rings. The molecule has 0 radical (unpaired) electrons. The lowest BCUT2D eigenvalue weighted by Crippen LogP contribution is -2.24. The van der Waals surface area contributed by atoms with E-state index in [9.17, 15) is 4.79 Å². The van der Waals surface area contributed by atoms with Crippen LogP contribution in [0.15, 0.2) is 0 Å². The van der Waals surface area contributed by atoms with Gasteiger partial charge in [0.15, 0.2) is 0 Å². The maximum atomic E-state index is 11.6. The van der Waals surface area contributed by atoms with Gasteiger partial charge in [-0.05, 0) is 47.1 Å². The van der Waals surface area contributed by atoms with Crippen LogP contribution in [0, 0.1) is 20.8 Å². The second kappa shape index (κ2) is 4.90. The van der Waals surface area contributed by atoms with Crippen molar-refractivity contribution in [1.82, 2.24) is 9.78 Å². The zero-order valence-corrected chi connectivity index (χ0v) is 11.6. The molecular weight excluding hydrogens is 216 g/mol. The Kier molecular flexibility index (Phi) is 3.96. The van der Waals surface area contributed by atoms with Crippen LogP contribution < -0.4 is 0 Å². The van der Waals surface area contributed by atoms with E-state index in [0.29, 0.717) is 13.0 Å². The fourth-order valence-corrected chi connectivity index (χ4v) is 1.59. The van der Waals surface area contributed by atoms with E-state index in [1.165, 1.54) is 5.56 Å². The highest BCUT2D eigenvalue weighted by Crippen LogP contribution is 2.13. The molecule has 0 fully saturated rings. The first-order valence-corrected chi connectivity index (χ1v) is 5.93. The molecule has 0 aliphatic heterocycles. The third kappa shape index (κ3) is 3.88. The lowest BCUT2D eigenvalue weighted by atomic mass is 10.2. The first kappa shape index (κ1) is 13.7. The number of esters is 1. The van der Waals surface area contributed by atoms with Crippen LogP contribution in [0.25, 0.3) is 0 Å². The van der Waals surface area contributed by atoms with Gasteiger partial charge in [0.05, 0.1) is 18.7 Å². The number of carbonyl (C=O) groups excluding carboxylic acids is 1. The molecule has 0 atom stereocenters. The number of carbonyl (C=O) groups is 1. The first-order valence-electron chi connectivity index (χ1n) is 5.93. The lowest BCUT2D eigenvalue weighted by molar-refractivity contribution is -0.155. The molecule has 0 saturated heterocycles. The highest BCUT2D eigenvalue weighted by Gasteiger charge is 2.16. The minimum absolute atomic E-state index is 0.178. The van der Waals surface area contributed by atoms with Gasteiger partial charge in [0, 0.05) is 5.69 Å². The van der Waals surface area contributed by atoms with Crippen molar-refractivity contribution in [2.75, 3.05) is 0 Å². The number of ether oxygens (including phenoxy) is 1. The number of hydrogen-bond acceptors (Lipinski definition) is 3. The SMILES string of the molecule is Cc1nn(CCC(=O)OC(C)(C)C)c(C)c1C. The Morgan fingerprint density at radius 1 is 1.29 bits per heavy atom. The topological polar surface area (TPSA) is 44.1 Å². The summed E-state index contributed by atoms with van der Waals surface area (Å²) in [7, 11) is 0. The minimum Gasteiger partial charge on any atom is -0.460 e. The molecule has 0 aliphatic carbocycles. The van der Waals surface area contributed by atoms with Crippen LogP contribution in [0.5, 0.6) is 0 Å². The Morgan fingerprint density at radius 2 is 1.88 bits per heavy atom. The quantitative estimate of drug-likeness (QED) is 0.760. The Hall–Kier alpha value is -1.32. The zero-order valence-electron chi connectivity index (χ0n) is 11.6. The predicted octanol–water partition coefficient (Wildman–Crippen LogP) is 2.54. The van der Waals surface area contributed by atoms with Gasteiger partial charge in [0.25, 0.3) is 0 Å². The summed E-state index contributed by atoms with van der Waals surface area (Å²) in [5, 5.41) is 4.39. The molecule has 0 amide bonds.